The molecule has 86 valence electrons. The van der Waals surface area contributed by atoms with Crippen LogP contribution in [0.4, 0.5) is 0 Å². The third-order valence-electron chi connectivity index (χ3n) is 2.03. The molecular formula is C11H20N2S2. The van der Waals surface area contributed by atoms with E-state index in [4.69, 9.17) is 5.73 Å². The predicted molar refractivity (Wildman–Crippen MR) is 71.8 cm³/mol. The number of hydrogen-bond acceptors (Lipinski definition) is 4. The quantitative estimate of drug-likeness (QED) is 0.744. The van der Waals surface area contributed by atoms with Crippen LogP contribution in [0.25, 0.3) is 0 Å². The predicted octanol–water partition coefficient (Wildman–Crippen LogP) is 2.04. The molecule has 2 nitrogen and oxygen atoms in total. The molecule has 0 fully saturated rings. The van der Waals surface area contributed by atoms with Gasteiger partial charge in [0.25, 0.3) is 0 Å². The van der Waals surface area contributed by atoms with Crippen LogP contribution in [-0.2, 0) is 12.2 Å². The van der Waals surface area contributed by atoms with Crippen molar-refractivity contribution in [3.63, 3.8) is 0 Å². The van der Waals surface area contributed by atoms with Crippen LogP contribution in [0.1, 0.15) is 9.75 Å². The lowest BCUT2D eigenvalue weighted by atomic mass is 10.3. The largest absolute Gasteiger partial charge is 0.330 e. The van der Waals surface area contributed by atoms with E-state index in [0.717, 1.165) is 24.6 Å². The van der Waals surface area contributed by atoms with Gasteiger partial charge in [0, 0.05) is 34.3 Å². The van der Waals surface area contributed by atoms with Crippen LogP contribution in [0.3, 0.4) is 0 Å². The van der Waals surface area contributed by atoms with Crippen molar-refractivity contribution >= 4 is 23.1 Å². The summed E-state index contributed by atoms with van der Waals surface area (Å²) in [4.78, 5) is 5.19. The fraction of sp³-hybridized carbons (Fsp3) is 0.636. The maximum Gasteiger partial charge on any atom is 0.0279 e. The van der Waals surface area contributed by atoms with Gasteiger partial charge in [0.1, 0.15) is 0 Å². The number of rotatable bonds is 7. The molecule has 1 aromatic rings. The normalized spacial score (nSPS) is 11.2. The summed E-state index contributed by atoms with van der Waals surface area (Å²) in [5, 5.41) is 0. The Bertz CT molecular complexity index is 271. The Labute approximate surface area is 101 Å². The Kier molecular flexibility index (Phi) is 6.32. The van der Waals surface area contributed by atoms with Gasteiger partial charge in [-0.3, -0.25) is 0 Å². The van der Waals surface area contributed by atoms with Crippen LogP contribution in [-0.4, -0.2) is 37.8 Å². The molecule has 0 aliphatic heterocycles. The zero-order chi connectivity index (χ0) is 11.1. The number of hydrogen-bond donors (Lipinski definition) is 1. The van der Waals surface area contributed by atoms with E-state index in [-0.39, 0.29) is 0 Å². The first kappa shape index (κ1) is 13.0. The molecule has 0 aliphatic carbocycles. The number of thioether (sulfide) groups is 1. The molecule has 0 spiro atoms. The highest BCUT2D eigenvalue weighted by Gasteiger charge is 2.00. The van der Waals surface area contributed by atoms with Crippen molar-refractivity contribution in [2.45, 2.75) is 12.2 Å². The van der Waals surface area contributed by atoms with E-state index < -0.39 is 0 Å². The Morgan fingerprint density at radius 3 is 2.73 bits per heavy atom. The van der Waals surface area contributed by atoms with Crippen LogP contribution >= 0.6 is 23.1 Å². The molecule has 1 aromatic heterocycles. The van der Waals surface area contributed by atoms with Gasteiger partial charge in [-0.05, 0) is 32.6 Å². The molecule has 0 aliphatic rings. The fourth-order valence-corrected chi connectivity index (χ4v) is 3.12. The molecular weight excluding hydrogens is 224 g/mol. The highest BCUT2D eigenvalue weighted by atomic mass is 32.2. The summed E-state index contributed by atoms with van der Waals surface area (Å²) in [6.45, 7) is 1.92. The minimum atomic E-state index is 0.781. The molecule has 0 radical (unpaired) electrons. The highest BCUT2D eigenvalue weighted by Crippen LogP contribution is 2.21. The maximum absolute atomic E-state index is 5.46. The van der Waals surface area contributed by atoms with Crippen molar-refractivity contribution in [3.05, 3.63) is 21.9 Å². The fourth-order valence-electron chi connectivity index (χ4n) is 1.22. The second-order valence-electron chi connectivity index (χ2n) is 3.76. The zero-order valence-electron chi connectivity index (χ0n) is 9.53. The Morgan fingerprint density at radius 2 is 2.07 bits per heavy atom. The van der Waals surface area contributed by atoms with Crippen molar-refractivity contribution in [2.75, 3.05) is 32.9 Å². The minimum Gasteiger partial charge on any atom is -0.330 e. The minimum absolute atomic E-state index is 0.781. The third kappa shape index (κ3) is 5.56. The Morgan fingerprint density at radius 1 is 1.33 bits per heavy atom. The molecule has 0 saturated carbocycles. The van der Waals surface area contributed by atoms with Crippen LogP contribution < -0.4 is 5.73 Å². The van der Waals surface area contributed by atoms with Crippen molar-refractivity contribution in [1.82, 2.24) is 4.90 Å². The zero-order valence-corrected chi connectivity index (χ0v) is 11.2. The summed E-state index contributed by atoms with van der Waals surface area (Å²) in [7, 11) is 4.23. The number of nitrogens with two attached hydrogens (primary N) is 1. The first-order chi connectivity index (χ1) is 7.22. The summed E-state index contributed by atoms with van der Waals surface area (Å²) < 4.78 is 0. The van der Waals surface area contributed by atoms with Crippen molar-refractivity contribution in [3.8, 4) is 0 Å². The first-order valence-corrected chi connectivity index (χ1v) is 7.19. The molecule has 2 N–H and O–H groups in total. The highest BCUT2D eigenvalue weighted by molar-refractivity contribution is 7.98. The van der Waals surface area contributed by atoms with Crippen LogP contribution in [0.5, 0.6) is 0 Å². The summed E-state index contributed by atoms with van der Waals surface area (Å²) >= 11 is 3.86. The van der Waals surface area contributed by atoms with Crippen LogP contribution in [0.2, 0.25) is 0 Å². The van der Waals surface area contributed by atoms with E-state index >= 15 is 0 Å². The topological polar surface area (TPSA) is 29.3 Å². The van der Waals surface area contributed by atoms with E-state index in [0.29, 0.717) is 0 Å². The van der Waals surface area contributed by atoms with Crippen LogP contribution in [0, 0.1) is 0 Å². The van der Waals surface area contributed by atoms with Gasteiger partial charge in [-0.25, -0.2) is 0 Å². The molecule has 4 heteroatoms. The average Bonchev–Trinajstić information content (AvgIpc) is 2.63. The standard InChI is InChI=1S/C11H20N2S2/c1-13(2)7-5-10-3-4-11(15-10)9-14-8-6-12/h3-4H,5-9,12H2,1-2H3. The monoisotopic (exact) mass is 244 g/mol. The second kappa shape index (κ2) is 7.28. The van der Waals surface area contributed by atoms with Gasteiger partial charge < -0.3 is 10.6 Å². The number of likely N-dealkylation sites (N-methyl/N-ethyl adjacent to an activating group) is 1. The van der Waals surface area contributed by atoms with Gasteiger partial charge in [-0.1, -0.05) is 0 Å². The summed E-state index contributed by atoms with van der Waals surface area (Å²) in [6.07, 6.45) is 1.17. The van der Waals surface area contributed by atoms with Gasteiger partial charge in [0.2, 0.25) is 0 Å². The summed E-state index contributed by atoms with van der Waals surface area (Å²) in [6, 6.07) is 4.51. The molecule has 1 rings (SSSR count). The Hall–Kier alpha value is -0.0300. The van der Waals surface area contributed by atoms with Gasteiger partial charge in [-0.15, -0.1) is 11.3 Å². The lowest BCUT2D eigenvalue weighted by Gasteiger charge is -2.06. The molecule has 1 heterocycles. The molecule has 15 heavy (non-hydrogen) atoms. The summed E-state index contributed by atoms with van der Waals surface area (Å²) in [5.41, 5.74) is 5.46. The molecule has 0 aromatic carbocycles. The van der Waals surface area contributed by atoms with Gasteiger partial charge in [-0.2, -0.15) is 11.8 Å². The number of thiophene rings is 1. The third-order valence-corrected chi connectivity index (χ3v) is 4.40. The number of nitrogens with zero attached hydrogens (tertiary/aromatic N) is 1. The molecule has 0 atom stereocenters. The van der Waals surface area contributed by atoms with E-state index in [1.807, 2.05) is 23.1 Å². The van der Waals surface area contributed by atoms with Gasteiger partial charge in [0.05, 0.1) is 0 Å². The van der Waals surface area contributed by atoms with Gasteiger partial charge in [0.15, 0.2) is 0 Å². The van der Waals surface area contributed by atoms with E-state index in [2.05, 4.69) is 31.1 Å². The van der Waals surface area contributed by atoms with E-state index in [1.165, 1.54) is 16.2 Å². The lowest BCUT2D eigenvalue weighted by molar-refractivity contribution is 0.415. The Balaban J connectivity index is 2.29. The van der Waals surface area contributed by atoms with Crippen molar-refractivity contribution in [2.24, 2.45) is 5.73 Å². The molecule has 0 saturated heterocycles. The van der Waals surface area contributed by atoms with Crippen LogP contribution in [0.15, 0.2) is 12.1 Å². The first-order valence-electron chi connectivity index (χ1n) is 5.22. The van der Waals surface area contributed by atoms with Gasteiger partial charge >= 0.3 is 0 Å². The average molecular weight is 244 g/mol. The van der Waals surface area contributed by atoms with Crippen molar-refractivity contribution < 1.29 is 0 Å². The second-order valence-corrected chi connectivity index (χ2v) is 6.12. The molecule has 0 unspecified atom stereocenters. The van der Waals surface area contributed by atoms with E-state index in [9.17, 15) is 0 Å². The maximum atomic E-state index is 5.46. The summed E-state index contributed by atoms with van der Waals surface area (Å²) in [5.74, 6) is 2.18. The SMILES string of the molecule is CN(C)CCc1ccc(CSCCN)s1. The van der Waals surface area contributed by atoms with Crippen molar-refractivity contribution in [1.29, 1.82) is 0 Å². The molecule has 0 amide bonds. The lowest BCUT2D eigenvalue weighted by Crippen LogP contribution is -2.14. The smallest absolute Gasteiger partial charge is 0.0279 e. The molecule has 0 bridgehead atoms. The van der Waals surface area contributed by atoms with E-state index in [1.54, 1.807) is 0 Å².